The van der Waals surface area contributed by atoms with E-state index in [4.69, 9.17) is 21.1 Å². The summed E-state index contributed by atoms with van der Waals surface area (Å²) in [4.78, 5) is 12.7. The van der Waals surface area contributed by atoms with E-state index in [1.165, 1.54) is 6.07 Å². The van der Waals surface area contributed by atoms with Gasteiger partial charge in [-0.25, -0.2) is 4.39 Å². The van der Waals surface area contributed by atoms with Crippen molar-refractivity contribution < 1.29 is 18.7 Å². The highest BCUT2D eigenvalue weighted by atomic mass is 79.9. The van der Waals surface area contributed by atoms with E-state index in [2.05, 4.69) is 15.9 Å². The molecule has 3 nitrogen and oxygen atoms in total. The summed E-state index contributed by atoms with van der Waals surface area (Å²) in [7, 11) is 3.18. The number of benzene rings is 3. The fraction of sp³-hybridized carbons (Fsp3) is 0.174. The molecule has 0 aliphatic heterocycles. The van der Waals surface area contributed by atoms with Gasteiger partial charge in [0.05, 0.1) is 14.2 Å². The lowest BCUT2D eigenvalue weighted by Gasteiger charge is -2.12. The first-order valence-electron chi connectivity index (χ1n) is 8.92. The average Bonchev–Trinajstić information content (AvgIpc) is 2.74. The first kappa shape index (κ1) is 21.3. The van der Waals surface area contributed by atoms with Crippen molar-refractivity contribution in [1.82, 2.24) is 0 Å². The van der Waals surface area contributed by atoms with Crippen molar-refractivity contribution in [2.45, 2.75) is 12.8 Å². The molecule has 0 unspecified atom stereocenters. The number of rotatable bonds is 7. The second kappa shape index (κ2) is 9.42. The van der Waals surface area contributed by atoms with Crippen molar-refractivity contribution in [3.8, 4) is 11.5 Å². The smallest absolute Gasteiger partial charge is 0.194 e. The summed E-state index contributed by atoms with van der Waals surface area (Å²) in [6.07, 6.45) is 1.05. The van der Waals surface area contributed by atoms with Crippen LogP contribution in [-0.4, -0.2) is 20.0 Å². The van der Waals surface area contributed by atoms with Gasteiger partial charge in [-0.3, -0.25) is 4.79 Å². The number of hydrogen-bond acceptors (Lipinski definition) is 3. The van der Waals surface area contributed by atoms with Crippen molar-refractivity contribution >= 4 is 33.3 Å². The van der Waals surface area contributed by atoms with E-state index in [-0.39, 0.29) is 11.3 Å². The summed E-state index contributed by atoms with van der Waals surface area (Å²) in [6.45, 7) is 0. The molecule has 150 valence electrons. The van der Waals surface area contributed by atoms with Gasteiger partial charge < -0.3 is 9.47 Å². The lowest BCUT2D eigenvalue weighted by atomic mass is 9.98. The Kier molecular flexibility index (Phi) is 6.93. The molecule has 0 N–H and O–H groups in total. The topological polar surface area (TPSA) is 35.5 Å². The average molecular weight is 478 g/mol. The van der Waals surface area contributed by atoms with E-state index in [0.717, 1.165) is 5.56 Å². The Balaban J connectivity index is 1.81. The first-order chi connectivity index (χ1) is 13.9. The Morgan fingerprint density at radius 2 is 1.66 bits per heavy atom. The molecule has 0 aromatic heterocycles. The van der Waals surface area contributed by atoms with Gasteiger partial charge in [0.1, 0.15) is 17.3 Å². The predicted molar refractivity (Wildman–Crippen MR) is 116 cm³/mol. The van der Waals surface area contributed by atoms with Gasteiger partial charge in [0.15, 0.2) is 5.78 Å². The number of aryl methyl sites for hydroxylation is 2. The van der Waals surface area contributed by atoms with Gasteiger partial charge in [0.2, 0.25) is 0 Å². The number of carbonyl (C=O) groups excluding carboxylic acids is 1. The monoisotopic (exact) mass is 476 g/mol. The molecule has 0 amide bonds. The summed E-state index contributed by atoms with van der Waals surface area (Å²) in [5.74, 6) is 0.705. The lowest BCUT2D eigenvalue weighted by molar-refractivity contribution is 0.103. The molecule has 0 saturated carbocycles. The summed E-state index contributed by atoms with van der Waals surface area (Å²) in [5, 5.41) is 0.538. The minimum atomic E-state index is -0.419. The minimum absolute atomic E-state index is 0.268. The Bertz CT molecular complexity index is 1040. The van der Waals surface area contributed by atoms with E-state index in [9.17, 15) is 9.18 Å². The van der Waals surface area contributed by atoms with Gasteiger partial charge in [-0.2, -0.15) is 0 Å². The molecule has 6 heteroatoms. The molecule has 0 atom stereocenters. The van der Waals surface area contributed by atoms with Crippen molar-refractivity contribution in [2.75, 3.05) is 14.2 Å². The summed E-state index contributed by atoms with van der Waals surface area (Å²) >= 11 is 9.28. The van der Waals surface area contributed by atoms with Crippen LogP contribution in [0.4, 0.5) is 4.39 Å². The number of methoxy groups -OCH3 is 2. The second-order valence-corrected chi connectivity index (χ2v) is 7.73. The van der Waals surface area contributed by atoms with Crippen LogP contribution in [0.3, 0.4) is 0 Å². The summed E-state index contributed by atoms with van der Waals surface area (Å²) in [6, 6.07) is 15.0. The highest BCUT2D eigenvalue weighted by molar-refractivity contribution is 9.10. The zero-order valence-electron chi connectivity index (χ0n) is 16.0. The second-order valence-electron chi connectivity index (χ2n) is 6.44. The van der Waals surface area contributed by atoms with Gasteiger partial charge >= 0.3 is 0 Å². The molecule has 29 heavy (non-hydrogen) atoms. The summed E-state index contributed by atoms with van der Waals surface area (Å²) in [5.41, 5.74) is 2.19. The van der Waals surface area contributed by atoms with Crippen LogP contribution in [0.25, 0.3) is 0 Å². The Morgan fingerprint density at radius 3 is 2.31 bits per heavy atom. The normalized spacial score (nSPS) is 10.7. The third kappa shape index (κ3) is 4.98. The molecule has 3 aromatic rings. The maximum Gasteiger partial charge on any atom is 0.194 e. The molecule has 0 aliphatic rings. The van der Waals surface area contributed by atoms with Crippen molar-refractivity contribution in [1.29, 1.82) is 0 Å². The summed E-state index contributed by atoms with van der Waals surface area (Å²) < 4.78 is 25.9. The molecule has 3 rings (SSSR count). The van der Waals surface area contributed by atoms with Gasteiger partial charge in [-0.05, 0) is 66.4 Å². The van der Waals surface area contributed by atoms with Gasteiger partial charge in [0.25, 0.3) is 0 Å². The first-order valence-corrected chi connectivity index (χ1v) is 10.1. The van der Waals surface area contributed by atoms with Crippen LogP contribution in [0.1, 0.15) is 27.0 Å². The zero-order valence-corrected chi connectivity index (χ0v) is 18.3. The van der Waals surface area contributed by atoms with E-state index < -0.39 is 5.82 Å². The fourth-order valence-electron chi connectivity index (χ4n) is 3.04. The standard InChI is InChI=1S/C23H19BrClFO3/c1-28-18-10-7-14(22(12-18)29-2)3-4-16-11-20(24)19(13-21(16)26)23(27)15-5-8-17(25)9-6-15/h5-13H,3-4H2,1-2H3. The van der Waals surface area contributed by atoms with Gasteiger partial charge in [-0.1, -0.05) is 33.6 Å². The fourth-order valence-corrected chi connectivity index (χ4v) is 3.73. The van der Waals surface area contributed by atoms with Crippen LogP contribution in [0, 0.1) is 5.82 Å². The maximum absolute atomic E-state index is 14.7. The van der Waals surface area contributed by atoms with Crippen molar-refractivity contribution in [3.63, 3.8) is 0 Å². The molecule has 0 radical (unpaired) electrons. The molecule has 0 saturated heterocycles. The SMILES string of the molecule is COc1ccc(CCc2cc(Br)c(C(=O)c3ccc(Cl)cc3)cc2F)c(OC)c1. The zero-order chi connectivity index (χ0) is 21.0. The van der Waals surface area contributed by atoms with Crippen LogP contribution < -0.4 is 9.47 Å². The van der Waals surface area contributed by atoms with Gasteiger partial charge in [-0.15, -0.1) is 0 Å². The Labute approximate surface area is 182 Å². The quantitative estimate of drug-likeness (QED) is 0.376. The van der Waals surface area contributed by atoms with Crippen molar-refractivity contribution in [3.05, 3.63) is 92.2 Å². The third-order valence-electron chi connectivity index (χ3n) is 4.65. The van der Waals surface area contributed by atoms with Crippen LogP contribution in [0.2, 0.25) is 5.02 Å². The van der Waals surface area contributed by atoms with E-state index in [1.807, 2.05) is 12.1 Å². The van der Waals surface area contributed by atoms with Crippen LogP contribution in [-0.2, 0) is 12.8 Å². The molecule has 3 aromatic carbocycles. The largest absolute Gasteiger partial charge is 0.497 e. The molecule has 0 heterocycles. The Hall–Kier alpha value is -2.37. The Morgan fingerprint density at radius 1 is 0.966 bits per heavy atom. The van der Waals surface area contributed by atoms with E-state index in [0.29, 0.717) is 45.0 Å². The van der Waals surface area contributed by atoms with E-state index in [1.54, 1.807) is 50.6 Å². The number of halogens is 3. The third-order valence-corrected chi connectivity index (χ3v) is 5.55. The lowest BCUT2D eigenvalue weighted by Crippen LogP contribution is -2.05. The highest BCUT2D eigenvalue weighted by Crippen LogP contribution is 2.28. The molecule has 0 spiro atoms. The molecular formula is C23H19BrClFO3. The number of hydrogen-bond donors (Lipinski definition) is 0. The maximum atomic E-state index is 14.7. The highest BCUT2D eigenvalue weighted by Gasteiger charge is 2.17. The number of ketones is 1. The minimum Gasteiger partial charge on any atom is -0.497 e. The number of ether oxygens (including phenoxy) is 2. The van der Waals surface area contributed by atoms with Crippen LogP contribution in [0.5, 0.6) is 11.5 Å². The van der Waals surface area contributed by atoms with E-state index >= 15 is 0 Å². The molecule has 0 aliphatic carbocycles. The van der Waals surface area contributed by atoms with Crippen LogP contribution >= 0.6 is 27.5 Å². The molecular weight excluding hydrogens is 459 g/mol. The van der Waals surface area contributed by atoms with Crippen molar-refractivity contribution in [2.24, 2.45) is 0 Å². The van der Waals surface area contributed by atoms with Crippen LogP contribution in [0.15, 0.2) is 59.1 Å². The van der Waals surface area contributed by atoms with Gasteiger partial charge in [0, 0.05) is 26.7 Å². The predicted octanol–water partition coefficient (Wildman–Crippen LogP) is 6.28. The number of carbonyl (C=O) groups is 1. The molecule has 0 fully saturated rings. The molecule has 0 bridgehead atoms.